The van der Waals surface area contributed by atoms with Gasteiger partial charge in [-0.3, -0.25) is 14.9 Å². The maximum atomic E-state index is 13.9. The Kier molecular flexibility index (Phi) is 4.07. The lowest BCUT2D eigenvalue weighted by Gasteiger charge is -2.08. The molecule has 1 aromatic carbocycles. The number of non-ortho nitro benzene ring substituents is 1. The highest BCUT2D eigenvalue weighted by molar-refractivity contribution is 6.04. The van der Waals surface area contributed by atoms with Crippen LogP contribution in [0.5, 0.6) is 0 Å². The standard InChI is InChI=1S/C13H11FN4O3/c1-15-12-11(14)10(6-7-16-12)13(19)17-8-2-4-9(5-3-8)18(20)21/h2-7H,1H3,(H,15,16)(H,17,19). The average molecular weight is 290 g/mol. The zero-order valence-electron chi connectivity index (χ0n) is 11.0. The van der Waals surface area contributed by atoms with Gasteiger partial charge in [-0.25, -0.2) is 9.37 Å². The second-order valence-electron chi connectivity index (χ2n) is 4.03. The number of hydrogen-bond acceptors (Lipinski definition) is 5. The normalized spacial score (nSPS) is 10.0. The molecule has 7 nitrogen and oxygen atoms in total. The number of carbonyl (C=O) groups excluding carboxylic acids is 1. The summed E-state index contributed by atoms with van der Waals surface area (Å²) in [5, 5.41) is 15.5. The molecule has 8 heteroatoms. The number of pyridine rings is 1. The lowest BCUT2D eigenvalue weighted by molar-refractivity contribution is -0.384. The van der Waals surface area contributed by atoms with Crippen LogP contribution in [0.3, 0.4) is 0 Å². The van der Waals surface area contributed by atoms with Gasteiger partial charge in [-0.1, -0.05) is 0 Å². The zero-order valence-corrected chi connectivity index (χ0v) is 11.0. The largest absolute Gasteiger partial charge is 0.371 e. The number of aromatic nitrogens is 1. The van der Waals surface area contributed by atoms with Crippen LogP contribution in [-0.4, -0.2) is 22.9 Å². The molecule has 0 aliphatic heterocycles. The minimum atomic E-state index is -0.764. The third-order valence-electron chi connectivity index (χ3n) is 2.71. The van der Waals surface area contributed by atoms with Crippen molar-refractivity contribution in [2.75, 3.05) is 17.7 Å². The molecule has 1 heterocycles. The summed E-state index contributed by atoms with van der Waals surface area (Å²) in [4.78, 5) is 25.7. The smallest absolute Gasteiger partial charge is 0.269 e. The third-order valence-corrected chi connectivity index (χ3v) is 2.71. The van der Waals surface area contributed by atoms with Crippen LogP contribution >= 0.6 is 0 Å². The van der Waals surface area contributed by atoms with Crippen molar-refractivity contribution in [3.63, 3.8) is 0 Å². The number of nitrogens with one attached hydrogen (secondary N) is 2. The van der Waals surface area contributed by atoms with E-state index in [-0.39, 0.29) is 17.1 Å². The molecule has 108 valence electrons. The van der Waals surface area contributed by atoms with Gasteiger partial charge in [0.15, 0.2) is 11.6 Å². The van der Waals surface area contributed by atoms with E-state index < -0.39 is 16.6 Å². The Hall–Kier alpha value is -3.03. The summed E-state index contributed by atoms with van der Waals surface area (Å²) in [6.45, 7) is 0. The highest BCUT2D eigenvalue weighted by Gasteiger charge is 2.16. The monoisotopic (exact) mass is 290 g/mol. The van der Waals surface area contributed by atoms with Crippen LogP contribution < -0.4 is 10.6 Å². The summed E-state index contributed by atoms with van der Waals surface area (Å²) >= 11 is 0. The molecule has 0 fully saturated rings. The van der Waals surface area contributed by atoms with E-state index in [0.29, 0.717) is 5.69 Å². The Bertz CT molecular complexity index is 688. The van der Waals surface area contributed by atoms with Gasteiger partial charge in [0, 0.05) is 31.1 Å². The van der Waals surface area contributed by atoms with E-state index in [1.807, 2.05) is 0 Å². The van der Waals surface area contributed by atoms with Crippen molar-refractivity contribution in [2.45, 2.75) is 0 Å². The summed E-state index contributed by atoms with van der Waals surface area (Å²) in [6.07, 6.45) is 1.31. The topological polar surface area (TPSA) is 97.2 Å². The number of carbonyl (C=O) groups is 1. The SMILES string of the molecule is CNc1nccc(C(=O)Nc2ccc([N+](=O)[O-])cc2)c1F. The fraction of sp³-hybridized carbons (Fsp3) is 0.0769. The maximum Gasteiger partial charge on any atom is 0.269 e. The van der Waals surface area contributed by atoms with E-state index in [1.54, 1.807) is 0 Å². The van der Waals surface area contributed by atoms with Gasteiger partial charge in [0.25, 0.3) is 11.6 Å². The molecule has 21 heavy (non-hydrogen) atoms. The van der Waals surface area contributed by atoms with Crippen molar-refractivity contribution >= 4 is 23.1 Å². The molecule has 0 unspecified atom stereocenters. The Balaban J connectivity index is 2.20. The van der Waals surface area contributed by atoms with E-state index in [4.69, 9.17) is 0 Å². The van der Waals surface area contributed by atoms with E-state index in [2.05, 4.69) is 15.6 Å². The van der Waals surface area contributed by atoms with E-state index in [1.165, 1.54) is 43.6 Å². The molecule has 0 aliphatic rings. The Morgan fingerprint density at radius 3 is 2.52 bits per heavy atom. The fourth-order valence-corrected chi connectivity index (χ4v) is 1.66. The molecule has 1 amide bonds. The molecule has 2 N–H and O–H groups in total. The molecule has 0 saturated carbocycles. The molecule has 0 spiro atoms. The summed E-state index contributed by atoms with van der Waals surface area (Å²) in [7, 11) is 1.49. The molecule has 2 rings (SSSR count). The second kappa shape index (κ2) is 5.95. The van der Waals surface area contributed by atoms with Gasteiger partial charge in [-0.15, -0.1) is 0 Å². The van der Waals surface area contributed by atoms with Crippen molar-refractivity contribution < 1.29 is 14.1 Å². The molecule has 0 radical (unpaired) electrons. The number of nitro benzene ring substituents is 1. The highest BCUT2D eigenvalue weighted by atomic mass is 19.1. The minimum Gasteiger partial charge on any atom is -0.371 e. The van der Waals surface area contributed by atoms with E-state index >= 15 is 0 Å². The predicted molar refractivity (Wildman–Crippen MR) is 74.8 cm³/mol. The van der Waals surface area contributed by atoms with Gasteiger partial charge in [-0.2, -0.15) is 0 Å². The van der Waals surface area contributed by atoms with Crippen molar-refractivity contribution in [1.29, 1.82) is 0 Å². The van der Waals surface area contributed by atoms with E-state index in [9.17, 15) is 19.3 Å². The first-order valence-electron chi connectivity index (χ1n) is 5.91. The fourth-order valence-electron chi connectivity index (χ4n) is 1.66. The number of hydrogen-bond donors (Lipinski definition) is 2. The van der Waals surface area contributed by atoms with Gasteiger partial charge in [0.1, 0.15) is 0 Å². The number of benzene rings is 1. The Morgan fingerprint density at radius 1 is 1.29 bits per heavy atom. The molecule has 2 aromatic rings. The number of anilines is 2. The Morgan fingerprint density at radius 2 is 1.95 bits per heavy atom. The lowest BCUT2D eigenvalue weighted by atomic mass is 10.2. The molecule has 0 aliphatic carbocycles. The molecule has 0 saturated heterocycles. The minimum absolute atomic E-state index is 0.0358. The van der Waals surface area contributed by atoms with Crippen molar-refractivity contribution in [2.24, 2.45) is 0 Å². The van der Waals surface area contributed by atoms with Crippen LogP contribution in [0.15, 0.2) is 36.5 Å². The number of halogens is 1. The number of rotatable bonds is 4. The van der Waals surface area contributed by atoms with Crippen LogP contribution in [0, 0.1) is 15.9 Å². The molecular formula is C13H11FN4O3. The van der Waals surface area contributed by atoms with Gasteiger partial charge in [0.05, 0.1) is 10.5 Å². The summed E-state index contributed by atoms with van der Waals surface area (Å²) in [6, 6.07) is 6.48. The maximum absolute atomic E-state index is 13.9. The average Bonchev–Trinajstić information content (AvgIpc) is 2.48. The van der Waals surface area contributed by atoms with Crippen molar-refractivity contribution in [3.8, 4) is 0 Å². The summed E-state index contributed by atoms with van der Waals surface area (Å²) in [5.74, 6) is -1.47. The quantitative estimate of drug-likeness (QED) is 0.665. The molecular weight excluding hydrogens is 279 g/mol. The molecule has 1 aromatic heterocycles. The first-order valence-corrected chi connectivity index (χ1v) is 5.91. The summed E-state index contributed by atoms with van der Waals surface area (Å²) < 4.78 is 13.9. The Labute approximate surface area is 119 Å². The first kappa shape index (κ1) is 14.4. The number of nitro groups is 1. The number of nitrogens with zero attached hydrogens (tertiary/aromatic N) is 2. The van der Waals surface area contributed by atoms with Crippen LogP contribution in [0.25, 0.3) is 0 Å². The van der Waals surface area contributed by atoms with Gasteiger partial charge >= 0.3 is 0 Å². The van der Waals surface area contributed by atoms with Crippen LogP contribution in [-0.2, 0) is 0 Å². The van der Waals surface area contributed by atoms with Gasteiger partial charge < -0.3 is 10.6 Å². The third kappa shape index (κ3) is 3.11. The highest BCUT2D eigenvalue weighted by Crippen LogP contribution is 2.18. The first-order chi connectivity index (χ1) is 10.0. The summed E-state index contributed by atoms with van der Waals surface area (Å²) in [5.41, 5.74) is 0.0566. The number of amides is 1. The lowest BCUT2D eigenvalue weighted by Crippen LogP contribution is -2.15. The predicted octanol–water partition coefficient (Wildman–Crippen LogP) is 2.42. The van der Waals surface area contributed by atoms with Crippen LogP contribution in [0.2, 0.25) is 0 Å². The van der Waals surface area contributed by atoms with Gasteiger partial charge in [-0.05, 0) is 18.2 Å². The van der Waals surface area contributed by atoms with E-state index in [0.717, 1.165) is 0 Å². The zero-order chi connectivity index (χ0) is 15.4. The molecule has 0 atom stereocenters. The van der Waals surface area contributed by atoms with Crippen molar-refractivity contribution in [1.82, 2.24) is 4.98 Å². The van der Waals surface area contributed by atoms with Crippen molar-refractivity contribution in [3.05, 3.63) is 58.0 Å². The molecule has 0 bridgehead atoms. The van der Waals surface area contributed by atoms with Crippen LogP contribution in [0.4, 0.5) is 21.6 Å². The van der Waals surface area contributed by atoms with Gasteiger partial charge in [0.2, 0.25) is 0 Å². The van der Waals surface area contributed by atoms with Crippen LogP contribution in [0.1, 0.15) is 10.4 Å². The second-order valence-corrected chi connectivity index (χ2v) is 4.03.